The minimum atomic E-state index is -0.642. The molecule has 4 N–H and O–H groups in total. The number of ether oxygens (including phenoxy) is 1. The van der Waals surface area contributed by atoms with E-state index in [2.05, 4.69) is 10.9 Å². The minimum absolute atomic E-state index is 0.189. The van der Waals surface area contributed by atoms with Gasteiger partial charge in [-0.15, -0.1) is 11.3 Å². The fraction of sp³-hybridized carbons (Fsp3) is 0.316. The molecule has 142 valence electrons. The second kappa shape index (κ2) is 8.68. The van der Waals surface area contributed by atoms with Crippen molar-refractivity contribution in [2.24, 2.45) is 5.73 Å². The first-order valence-corrected chi connectivity index (χ1v) is 9.58. The summed E-state index contributed by atoms with van der Waals surface area (Å²) in [6, 6.07) is 8.29. The van der Waals surface area contributed by atoms with E-state index in [1.54, 1.807) is 18.2 Å². The van der Waals surface area contributed by atoms with Gasteiger partial charge in [-0.2, -0.15) is 0 Å². The molecule has 0 radical (unpaired) electrons. The fourth-order valence-electron chi connectivity index (χ4n) is 2.94. The Labute approximate surface area is 160 Å². The molecule has 0 aliphatic heterocycles. The first-order chi connectivity index (χ1) is 13.0. The zero-order valence-corrected chi connectivity index (χ0v) is 15.6. The van der Waals surface area contributed by atoms with Crippen molar-refractivity contribution >= 4 is 29.1 Å². The molecule has 2 aromatic rings. The van der Waals surface area contributed by atoms with Crippen LogP contribution >= 0.6 is 11.3 Å². The van der Waals surface area contributed by atoms with E-state index in [0.29, 0.717) is 4.88 Å². The average Bonchev–Trinajstić information content (AvgIpc) is 2.95. The monoisotopic (exact) mass is 387 g/mol. The van der Waals surface area contributed by atoms with Gasteiger partial charge in [-0.05, 0) is 49.4 Å². The number of thiophene rings is 1. The number of rotatable bonds is 5. The van der Waals surface area contributed by atoms with E-state index in [1.165, 1.54) is 34.3 Å². The molecule has 0 fully saturated rings. The van der Waals surface area contributed by atoms with Crippen molar-refractivity contribution in [3.63, 3.8) is 0 Å². The smallest absolute Gasteiger partial charge is 0.279 e. The number of aryl methyl sites for hydroxylation is 2. The van der Waals surface area contributed by atoms with Crippen LogP contribution < -0.4 is 21.3 Å². The number of fused-ring (bicyclic) bond motifs is 1. The number of hydrazine groups is 1. The summed E-state index contributed by atoms with van der Waals surface area (Å²) >= 11 is 1.48. The fourth-order valence-corrected chi connectivity index (χ4v) is 4.09. The van der Waals surface area contributed by atoms with Crippen LogP contribution in [0.25, 0.3) is 0 Å². The largest absolute Gasteiger partial charge is 0.483 e. The predicted molar refractivity (Wildman–Crippen MR) is 102 cm³/mol. The Balaban J connectivity index is 1.51. The Morgan fingerprint density at radius 3 is 2.67 bits per heavy atom. The number of benzene rings is 1. The Kier molecular flexibility index (Phi) is 6.08. The second-order valence-corrected chi connectivity index (χ2v) is 7.41. The third-order valence-electron chi connectivity index (χ3n) is 4.30. The number of nitrogens with one attached hydrogen (secondary N) is 2. The number of carbonyl (C=O) groups is 3. The van der Waals surface area contributed by atoms with Crippen molar-refractivity contribution in [2.75, 3.05) is 6.61 Å². The van der Waals surface area contributed by atoms with Crippen LogP contribution in [-0.4, -0.2) is 24.3 Å². The van der Waals surface area contributed by atoms with E-state index in [4.69, 9.17) is 10.5 Å². The van der Waals surface area contributed by atoms with Crippen LogP contribution in [-0.2, 0) is 17.6 Å². The molecule has 0 saturated heterocycles. The molecule has 1 aromatic heterocycles. The molecular weight excluding hydrogens is 366 g/mol. The lowest BCUT2D eigenvalue weighted by atomic mass is 10.1. The van der Waals surface area contributed by atoms with Crippen LogP contribution in [0.5, 0.6) is 5.75 Å². The third-order valence-corrected chi connectivity index (χ3v) is 5.53. The van der Waals surface area contributed by atoms with E-state index in [0.717, 1.165) is 25.7 Å². The zero-order chi connectivity index (χ0) is 19.2. The number of carbonyl (C=O) groups excluding carboxylic acids is 3. The van der Waals surface area contributed by atoms with Crippen molar-refractivity contribution < 1.29 is 19.1 Å². The maximum atomic E-state index is 12.3. The van der Waals surface area contributed by atoms with Gasteiger partial charge in [0.25, 0.3) is 17.7 Å². The summed E-state index contributed by atoms with van der Waals surface area (Å²) in [6.45, 7) is -0.356. The molecule has 27 heavy (non-hydrogen) atoms. The van der Waals surface area contributed by atoms with Gasteiger partial charge in [0.15, 0.2) is 6.61 Å². The molecule has 7 nitrogen and oxygen atoms in total. The van der Waals surface area contributed by atoms with Crippen LogP contribution in [0.1, 0.15) is 49.7 Å². The Bertz CT molecular complexity index is 839. The van der Waals surface area contributed by atoms with Crippen molar-refractivity contribution in [1.82, 2.24) is 10.9 Å². The third kappa shape index (κ3) is 4.85. The van der Waals surface area contributed by atoms with Crippen LogP contribution in [0.2, 0.25) is 0 Å². The predicted octanol–water partition coefficient (Wildman–Crippen LogP) is 1.96. The first-order valence-electron chi connectivity index (χ1n) is 8.77. The molecule has 1 heterocycles. The van der Waals surface area contributed by atoms with E-state index in [9.17, 15) is 14.4 Å². The number of amides is 3. The summed E-state index contributed by atoms with van der Waals surface area (Å²) in [7, 11) is 0. The molecule has 8 heteroatoms. The lowest BCUT2D eigenvalue weighted by Gasteiger charge is -2.10. The van der Waals surface area contributed by atoms with Gasteiger partial charge in [0.2, 0.25) is 0 Å². The molecule has 1 aromatic carbocycles. The Morgan fingerprint density at radius 1 is 1.07 bits per heavy atom. The van der Waals surface area contributed by atoms with Gasteiger partial charge in [-0.1, -0.05) is 18.6 Å². The lowest BCUT2D eigenvalue weighted by molar-refractivity contribution is -0.123. The van der Waals surface area contributed by atoms with Crippen molar-refractivity contribution in [3.05, 3.63) is 51.2 Å². The maximum absolute atomic E-state index is 12.3. The van der Waals surface area contributed by atoms with E-state index in [-0.39, 0.29) is 23.8 Å². The quantitative estimate of drug-likeness (QED) is 0.538. The number of para-hydroxylation sites is 1. The van der Waals surface area contributed by atoms with Crippen molar-refractivity contribution in [1.29, 1.82) is 0 Å². The molecule has 1 aliphatic rings. The standard InChI is InChI=1S/C19H21N3O4S/c20-18(24)13-7-4-5-8-14(13)26-11-17(23)21-22-19(25)16-10-12-6-2-1-3-9-15(12)27-16/h4-5,7-8,10H,1-3,6,9,11H2,(H2,20,24)(H,21,23)(H,22,25). The molecule has 3 amide bonds. The Morgan fingerprint density at radius 2 is 1.85 bits per heavy atom. The van der Waals surface area contributed by atoms with Gasteiger partial charge >= 0.3 is 0 Å². The van der Waals surface area contributed by atoms with Crippen molar-refractivity contribution in [2.45, 2.75) is 32.1 Å². The van der Waals surface area contributed by atoms with Crippen LogP contribution in [0.15, 0.2) is 30.3 Å². The van der Waals surface area contributed by atoms with E-state index >= 15 is 0 Å². The van der Waals surface area contributed by atoms with Gasteiger partial charge < -0.3 is 10.5 Å². The molecule has 0 spiro atoms. The molecule has 1 aliphatic carbocycles. The maximum Gasteiger partial charge on any atom is 0.279 e. The van der Waals surface area contributed by atoms with Gasteiger partial charge in [0, 0.05) is 4.88 Å². The molecule has 0 atom stereocenters. The topological polar surface area (TPSA) is 111 Å². The summed E-state index contributed by atoms with van der Waals surface area (Å²) in [5, 5.41) is 0. The molecule has 3 rings (SSSR count). The Hall–Kier alpha value is -2.87. The molecule has 0 unspecified atom stereocenters. The second-order valence-electron chi connectivity index (χ2n) is 6.27. The number of primary amides is 1. The zero-order valence-electron chi connectivity index (χ0n) is 14.7. The SMILES string of the molecule is NC(=O)c1ccccc1OCC(=O)NNC(=O)c1cc2c(s1)CCCCC2. The minimum Gasteiger partial charge on any atom is -0.483 e. The van der Waals surface area contributed by atoms with Crippen LogP contribution in [0.4, 0.5) is 0 Å². The lowest BCUT2D eigenvalue weighted by Crippen LogP contribution is -2.43. The number of hydrogen-bond donors (Lipinski definition) is 3. The highest BCUT2D eigenvalue weighted by molar-refractivity contribution is 7.14. The summed E-state index contributed by atoms with van der Waals surface area (Å²) in [4.78, 5) is 37.3. The van der Waals surface area contributed by atoms with Gasteiger partial charge in [-0.3, -0.25) is 25.2 Å². The first kappa shape index (κ1) is 18.9. The highest BCUT2D eigenvalue weighted by Crippen LogP contribution is 2.28. The number of nitrogens with two attached hydrogens (primary N) is 1. The highest BCUT2D eigenvalue weighted by atomic mass is 32.1. The van der Waals surface area contributed by atoms with Crippen molar-refractivity contribution in [3.8, 4) is 5.75 Å². The van der Waals surface area contributed by atoms with E-state index < -0.39 is 11.8 Å². The summed E-state index contributed by atoms with van der Waals surface area (Å²) in [6.07, 6.45) is 5.52. The van der Waals surface area contributed by atoms with Gasteiger partial charge in [0.1, 0.15) is 5.75 Å². The van der Waals surface area contributed by atoms with Gasteiger partial charge in [0.05, 0.1) is 10.4 Å². The summed E-state index contributed by atoms with van der Waals surface area (Å²) in [5.41, 5.74) is 11.4. The van der Waals surface area contributed by atoms with Crippen LogP contribution in [0, 0.1) is 0 Å². The number of hydrogen-bond acceptors (Lipinski definition) is 5. The van der Waals surface area contributed by atoms with Crippen LogP contribution in [0.3, 0.4) is 0 Å². The molecule has 0 bridgehead atoms. The summed E-state index contributed by atoms with van der Waals surface area (Å²) < 4.78 is 5.32. The van der Waals surface area contributed by atoms with E-state index in [1.807, 2.05) is 6.07 Å². The average molecular weight is 387 g/mol. The normalized spacial score (nSPS) is 13.2. The van der Waals surface area contributed by atoms with Gasteiger partial charge in [-0.25, -0.2) is 0 Å². The molecule has 0 saturated carbocycles. The molecular formula is C19H21N3O4S. The summed E-state index contributed by atoms with van der Waals surface area (Å²) in [5.74, 6) is -1.31. The highest BCUT2D eigenvalue weighted by Gasteiger charge is 2.17.